The van der Waals surface area contributed by atoms with Gasteiger partial charge in [-0.15, -0.1) is 11.3 Å². The second kappa shape index (κ2) is 7.21. The van der Waals surface area contributed by atoms with Crippen LogP contribution in [0.25, 0.3) is 0 Å². The van der Waals surface area contributed by atoms with Gasteiger partial charge in [-0.1, -0.05) is 24.3 Å². The summed E-state index contributed by atoms with van der Waals surface area (Å²) in [5, 5.41) is 2.01. The zero-order valence-corrected chi connectivity index (χ0v) is 15.7. The largest absolute Gasteiger partial charge is 0.340 e. The average Bonchev–Trinajstić information content (AvgIpc) is 3.29. The van der Waals surface area contributed by atoms with E-state index in [1.807, 2.05) is 51.6 Å². The summed E-state index contributed by atoms with van der Waals surface area (Å²) in [6.45, 7) is 3.92. The second-order valence-electron chi connectivity index (χ2n) is 7.01. The fraction of sp³-hybridized carbons (Fsp3) is 0.400. The van der Waals surface area contributed by atoms with Crippen molar-refractivity contribution < 1.29 is 9.59 Å². The van der Waals surface area contributed by atoms with Crippen molar-refractivity contribution in [3.05, 3.63) is 57.8 Å². The molecular weight excluding hydrogens is 346 g/mol. The Balaban J connectivity index is 1.55. The lowest BCUT2D eigenvalue weighted by molar-refractivity contribution is -0.133. The van der Waals surface area contributed by atoms with E-state index in [0.29, 0.717) is 13.0 Å². The van der Waals surface area contributed by atoms with Crippen LogP contribution in [0.1, 0.15) is 33.3 Å². The molecule has 4 rings (SSSR count). The highest BCUT2D eigenvalue weighted by atomic mass is 32.1. The van der Waals surface area contributed by atoms with Crippen LogP contribution in [-0.4, -0.2) is 59.7 Å². The van der Waals surface area contributed by atoms with E-state index in [4.69, 9.17) is 0 Å². The topological polar surface area (TPSA) is 43.9 Å². The predicted molar refractivity (Wildman–Crippen MR) is 102 cm³/mol. The zero-order valence-electron chi connectivity index (χ0n) is 14.9. The van der Waals surface area contributed by atoms with Crippen LogP contribution in [0.3, 0.4) is 0 Å². The molecule has 2 aromatic rings. The normalized spacial score (nSPS) is 18.9. The number of rotatable bonds is 4. The van der Waals surface area contributed by atoms with Gasteiger partial charge in [-0.3, -0.25) is 9.59 Å². The zero-order chi connectivity index (χ0) is 18.1. The number of fused-ring (bicyclic) bond motifs is 1. The third-order valence-electron chi connectivity index (χ3n) is 5.32. The number of nitrogens with zero attached hydrogens (tertiary/aromatic N) is 3. The van der Waals surface area contributed by atoms with Crippen molar-refractivity contribution >= 4 is 23.2 Å². The Labute approximate surface area is 157 Å². The fourth-order valence-electron chi connectivity index (χ4n) is 3.72. The van der Waals surface area contributed by atoms with Crippen LogP contribution in [0, 0.1) is 0 Å². The van der Waals surface area contributed by atoms with E-state index in [2.05, 4.69) is 11.9 Å². The third kappa shape index (κ3) is 3.27. The molecule has 1 unspecified atom stereocenters. The molecule has 5 nitrogen and oxygen atoms in total. The molecule has 0 spiro atoms. The summed E-state index contributed by atoms with van der Waals surface area (Å²) in [6, 6.07) is 11.6. The lowest BCUT2D eigenvalue weighted by Crippen LogP contribution is -2.48. The number of carbonyl (C=O) groups is 2. The van der Waals surface area contributed by atoms with Gasteiger partial charge < -0.3 is 14.7 Å². The molecule has 0 bridgehead atoms. The van der Waals surface area contributed by atoms with Gasteiger partial charge in [0.2, 0.25) is 5.91 Å². The molecule has 0 N–H and O–H groups in total. The summed E-state index contributed by atoms with van der Waals surface area (Å²) in [6.07, 6.45) is 0.351. The third-order valence-corrected chi connectivity index (χ3v) is 6.29. The van der Waals surface area contributed by atoms with Gasteiger partial charge in [-0.05, 0) is 30.1 Å². The van der Waals surface area contributed by atoms with Gasteiger partial charge in [0, 0.05) is 43.2 Å². The molecule has 3 heterocycles. The highest BCUT2D eigenvalue weighted by molar-refractivity contribution is 7.10. The van der Waals surface area contributed by atoms with Crippen LogP contribution in [0.2, 0.25) is 0 Å². The van der Waals surface area contributed by atoms with Gasteiger partial charge in [-0.25, -0.2) is 0 Å². The van der Waals surface area contributed by atoms with E-state index in [-0.39, 0.29) is 17.9 Å². The van der Waals surface area contributed by atoms with E-state index in [1.54, 1.807) is 11.3 Å². The van der Waals surface area contributed by atoms with Gasteiger partial charge in [0.1, 0.15) is 0 Å². The summed E-state index contributed by atoms with van der Waals surface area (Å²) in [7, 11) is 2.08. The Morgan fingerprint density at radius 2 is 1.88 bits per heavy atom. The summed E-state index contributed by atoms with van der Waals surface area (Å²) >= 11 is 1.61. The average molecular weight is 369 g/mol. The molecule has 0 aliphatic carbocycles. The Kier molecular flexibility index (Phi) is 4.78. The number of likely N-dealkylation sites (N-methyl/N-ethyl adjacent to an activating group) is 1. The summed E-state index contributed by atoms with van der Waals surface area (Å²) in [5.41, 5.74) is 1.81. The molecular formula is C20H23N3O2S. The van der Waals surface area contributed by atoms with Crippen LogP contribution in [0.4, 0.5) is 0 Å². The van der Waals surface area contributed by atoms with Crippen molar-refractivity contribution in [1.82, 2.24) is 14.7 Å². The Morgan fingerprint density at radius 3 is 2.58 bits per heavy atom. The van der Waals surface area contributed by atoms with Crippen LogP contribution in [-0.2, 0) is 11.3 Å². The van der Waals surface area contributed by atoms with E-state index in [9.17, 15) is 9.59 Å². The first-order chi connectivity index (χ1) is 12.6. The Bertz CT molecular complexity index is 797. The van der Waals surface area contributed by atoms with Gasteiger partial charge in [0.05, 0.1) is 12.5 Å². The number of carbonyl (C=O) groups excluding carboxylic acids is 2. The van der Waals surface area contributed by atoms with Crippen LogP contribution in [0.5, 0.6) is 0 Å². The molecule has 136 valence electrons. The van der Waals surface area contributed by atoms with Crippen molar-refractivity contribution in [2.24, 2.45) is 0 Å². The van der Waals surface area contributed by atoms with Gasteiger partial charge in [-0.2, -0.15) is 0 Å². The standard InChI is InChI=1S/C20H23N3O2S/c1-21-8-10-22(11-9-21)19(24)13-17(18-7-4-12-26-18)23-14-15-5-2-3-6-16(15)20(23)25/h2-7,12,17H,8-11,13-14H2,1H3. The Morgan fingerprint density at radius 1 is 1.12 bits per heavy atom. The van der Waals surface area contributed by atoms with Crippen LogP contribution in [0.15, 0.2) is 41.8 Å². The van der Waals surface area contributed by atoms with Crippen molar-refractivity contribution in [2.45, 2.75) is 19.0 Å². The molecule has 2 aliphatic heterocycles. The summed E-state index contributed by atoms with van der Waals surface area (Å²) in [5.74, 6) is 0.172. The van der Waals surface area contributed by atoms with Crippen molar-refractivity contribution in [2.75, 3.05) is 33.2 Å². The lowest BCUT2D eigenvalue weighted by atomic mass is 10.1. The predicted octanol–water partition coefficient (Wildman–Crippen LogP) is 2.61. The molecule has 26 heavy (non-hydrogen) atoms. The maximum Gasteiger partial charge on any atom is 0.255 e. The molecule has 2 amide bonds. The van der Waals surface area contributed by atoms with Crippen molar-refractivity contribution in [3.8, 4) is 0 Å². The number of thiophene rings is 1. The van der Waals surface area contributed by atoms with Crippen molar-refractivity contribution in [1.29, 1.82) is 0 Å². The first kappa shape index (κ1) is 17.2. The maximum atomic E-state index is 12.9. The highest BCUT2D eigenvalue weighted by Crippen LogP contribution is 2.35. The number of hydrogen-bond donors (Lipinski definition) is 0. The molecule has 0 saturated carbocycles. The van der Waals surface area contributed by atoms with Crippen molar-refractivity contribution in [3.63, 3.8) is 0 Å². The first-order valence-corrected chi connectivity index (χ1v) is 9.90. The number of amides is 2. The minimum atomic E-state index is -0.193. The van der Waals surface area contributed by atoms with E-state index < -0.39 is 0 Å². The Hall–Kier alpha value is -2.18. The highest BCUT2D eigenvalue weighted by Gasteiger charge is 2.35. The summed E-state index contributed by atoms with van der Waals surface area (Å²) < 4.78 is 0. The molecule has 1 aromatic carbocycles. The minimum absolute atomic E-state index is 0.0326. The van der Waals surface area contributed by atoms with E-state index >= 15 is 0 Å². The SMILES string of the molecule is CN1CCN(C(=O)CC(c2cccs2)N2Cc3ccccc3C2=O)CC1. The van der Waals surface area contributed by atoms with Crippen LogP contribution >= 0.6 is 11.3 Å². The molecule has 1 atom stereocenters. The maximum absolute atomic E-state index is 12.9. The van der Waals surface area contributed by atoms with Gasteiger partial charge in [0.15, 0.2) is 0 Å². The fourth-order valence-corrected chi connectivity index (χ4v) is 4.56. The molecule has 0 radical (unpaired) electrons. The van der Waals surface area contributed by atoms with Crippen LogP contribution < -0.4 is 0 Å². The molecule has 1 saturated heterocycles. The number of benzene rings is 1. The molecule has 1 fully saturated rings. The second-order valence-corrected chi connectivity index (χ2v) is 7.99. The summed E-state index contributed by atoms with van der Waals surface area (Å²) in [4.78, 5) is 33.0. The minimum Gasteiger partial charge on any atom is -0.340 e. The molecule has 1 aromatic heterocycles. The monoisotopic (exact) mass is 369 g/mol. The van der Waals surface area contributed by atoms with E-state index in [0.717, 1.165) is 42.2 Å². The number of hydrogen-bond acceptors (Lipinski definition) is 4. The number of piperazine rings is 1. The quantitative estimate of drug-likeness (QED) is 0.832. The van der Waals surface area contributed by atoms with Gasteiger partial charge in [0.25, 0.3) is 5.91 Å². The molecule has 6 heteroatoms. The van der Waals surface area contributed by atoms with Gasteiger partial charge >= 0.3 is 0 Å². The van der Waals surface area contributed by atoms with E-state index in [1.165, 1.54) is 0 Å². The first-order valence-electron chi connectivity index (χ1n) is 9.02. The smallest absolute Gasteiger partial charge is 0.255 e. The molecule has 2 aliphatic rings. The lowest BCUT2D eigenvalue weighted by Gasteiger charge is -2.34.